The van der Waals surface area contributed by atoms with Gasteiger partial charge in [-0.25, -0.2) is 4.98 Å². The van der Waals surface area contributed by atoms with Gasteiger partial charge in [0.25, 0.3) is 5.88 Å². The summed E-state index contributed by atoms with van der Waals surface area (Å²) in [6.45, 7) is 1.87. The lowest BCUT2D eigenvalue weighted by atomic mass is 10.2. The molecule has 0 atom stereocenters. The summed E-state index contributed by atoms with van der Waals surface area (Å²) in [5, 5.41) is 0.273. The maximum absolute atomic E-state index is 13.3. The van der Waals surface area contributed by atoms with Crippen LogP contribution in [0.1, 0.15) is 5.56 Å². The summed E-state index contributed by atoms with van der Waals surface area (Å²) in [4.78, 5) is 7.12. The maximum atomic E-state index is 13.3. The number of hydrogen-bond donors (Lipinski definition) is 0. The summed E-state index contributed by atoms with van der Waals surface area (Å²) >= 11 is 11.5. The predicted octanol–water partition coefficient (Wildman–Crippen LogP) is 4.02. The molecule has 0 saturated heterocycles. The van der Waals surface area contributed by atoms with Crippen molar-refractivity contribution in [3.05, 3.63) is 46.1 Å². The second-order valence-corrected chi connectivity index (χ2v) is 4.07. The van der Waals surface area contributed by atoms with E-state index < -0.39 is 5.82 Å². The first-order chi connectivity index (χ1) is 8.06. The van der Waals surface area contributed by atoms with E-state index in [2.05, 4.69) is 9.97 Å². The first-order valence-electron chi connectivity index (χ1n) is 4.68. The summed E-state index contributed by atoms with van der Waals surface area (Å²) in [6.07, 6.45) is 0.939. The van der Waals surface area contributed by atoms with Crippen LogP contribution in [0.25, 0.3) is 0 Å². The van der Waals surface area contributed by atoms with Crippen LogP contribution in [0.15, 0.2) is 24.4 Å². The molecule has 0 spiro atoms. The Balaban J connectivity index is 2.37. The van der Waals surface area contributed by atoms with Gasteiger partial charge in [0.1, 0.15) is 5.75 Å². The zero-order chi connectivity index (χ0) is 12.4. The van der Waals surface area contributed by atoms with Crippen LogP contribution in [-0.2, 0) is 0 Å². The molecule has 1 aromatic heterocycles. The van der Waals surface area contributed by atoms with E-state index in [1.54, 1.807) is 12.1 Å². The van der Waals surface area contributed by atoms with Gasteiger partial charge < -0.3 is 4.74 Å². The Hall–Kier alpha value is -1.39. The van der Waals surface area contributed by atoms with E-state index in [1.807, 2.05) is 13.0 Å². The van der Waals surface area contributed by atoms with Crippen molar-refractivity contribution >= 4 is 23.2 Å². The minimum absolute atomic E-state index is 0.0924. The second-order valence-electron chi connectivity index (χ2n) is 3.33. The highest BCUT2D eigenvalue weighted by atomic mass is 35.5. The molecule has 0 unspecified atom stereocenters. The Morgan fingerprint density at radius 2 is 2.06 bits per heavy atom. The molecule has 0 aliphatic heterocycles. The van der Waals surface area contributed by atoms with Gasteiger partial charge in [-0.1, -0.05) is 17.7 Å². The number of benzene rings is 1. The largest absolute Gasteiger partial charge is 0.435 e. The summed E-state index contributed by atoms with van der Waals surface area (Å²) < 4.78 is 18.6. The van der Waals surface area contributed by atoms with Crippen LogP contribution in [0, 0.1) is 12.7 Å². The third-order valence-electron chi connectivity index (χ3n) is 1.98. The van der Waals surface area contributed by atoms with E-state index in [0.29, 0.717) is 10.8 Å². The molecule has 6 heteroatoms. The first kappa shape index (κ1) is 12.1. The van der Waals surface area contributed by atoms with E-state index in [1.165, 1.54) is 0 Å². The van der Waals surface area contributed by atoms with Gasteiger partial charge in [0.05, 0.1) is 11.2 Å². The summed E-state index contributed by atoms with van der Waals surface area (Å²) in [5.74, 6) is -0.634. The second kappa shape index (κ2) is 4.85. The van der Waals surface area contributed by atoms with Gasteiger partial charge in [0, 0.05) is 0 Å². The lowest BCUT2D eigenvalue weighted by Crippen LogP contribution is -1.95. The summed E-state index contributed by atoms with van der Waals surface area (Å²) in [7, 11) is 0. The molecular formula is C11H7Cl2FN2O. The van der Waals surface area contributed by atoms with Crippen molar-refractivity contribution in [3.8, 4) is 11.6 Å². The molecule has 3 nitrogen and oxygen atoms in total. The Labute approximate surface area is 107 Å². The zero-order valence-electron chi connectivity index (χ0n) is 8.75. The fourth-order valence-electron chi connectivity index (χ4n) is 1.20. The fraction of sp³-hybridized carbons (Fsp3) is 0.0909. The third-order valence-corrected chi connectivity index (χ3v) is 2.47. The summed E-state index contributed by atoms with van der Waals surface area (Å²) in [6, 6.07) is 5.16. The van der Waals surface area contributed by atoms with Crippen molar-refractivity contribution < 1.29 is 9.13 Å². The average molecular weight is 273 g/mol. The van der Waals surface area contributed by atoms with E-state index in [9.17, 15) is 4.39 Å². The van der Waals surface area contributed by atoms with Crippen LogP contribution in [0.2, 0.25) is 10.3 Å². The van der Waals surface area contributed by atoms with Crippen LogP contribution in [0.5, 0.6) is 11.6 Å². The van der Waals surface area contributed by atoms with Gasteiger partial charge in [-0.2, -0.15) is 9.37 Å². The lowest BCUT2D eigenvalue weighted by molar-refractivity contribution is 0.420. The molecule has 0 aliphatic carbocycles. The molecule has 0 radical (unpaired) electrons. The number of aryl methyl sites for hydroxylation is 1. The van der Waals surface area contributed by atoms with Crippen LogP contribution in [0.3, 0.4) is 0 Å². The van der Waals surface area contributed by atoms with Gasteiger partial charge in [-0.3, -0.25) is 0 Å². The van der Waals surface area contributed by atoms with Crippen molar-refractivity contribution in [2.45, 2.75) is 6.92 Å². The van der Waals surface area contributed by atoms with E-state index in [-0.39, 0.29) is 11.2 Å². The van der Waals surface area contributed by atoms with Crippen LogP contribution < -0.4 is 4.74 Å². The monoisotopic (exact) mass is 272 g/mol. The highest BCUT2D eigenvalue weighted by Gasteiger charge is 2.10. The molecule has 0 aliphatic rings. The number of hydrogen-bond acceptors (Lipinski definition) is 3. The van der Waals surface area contributed by atoms with E-state index in [0.717, 1.165) is 11.8 Å². The first-order valence-corrected chi connectivity index (χ1v) is 5.44. The molecule has 2 aromatic rings. The average Bonchev–Trinajstić information content (AvgIpc) is 2.28. The lowest BCUT2D eigenvalue weighted by Gasteiger charge is -2.07. The topological polar surface area (TPSA) is 35.0 Å². The maximum Gasteiger partial charge on any atom is 0.260 e. The minimum atomic E-state index is -0.702. The SMILES string of the molecule is Cc1ccc(Cl)c(Oc2nc(Cl)ncc2F)c1. The van der Waals surface area contributed by atoms with Gasteiger partial charge in [-0.15, -0.1) is 0 Å². The van der Waals surface area contributed by atoms with Crippen LogP contribution >= 0.6 is 23.2 Å². The molecule has 1 heterocycles. The fourth-order valence-corrected chi connectivity index (χ4v) is 1.48. The van der Waals surface area contributed by atoms with Crippen LogP contribution in [0.4, 0.5) is 4.39 Å². The molecule has 0 saturated carbocycles. The molecule has 1 aromatic carbocycles. The van der Waals surface area contributed by atoms with Gasteiger partial charge in [0.2, 0.25) is 11.1 Å². The van der Waals surface area contributed by atoms with Gasteiger partial charge >= 0.3 is 0 Å². The number of nitrogens with zero attached hydrogens (tertiary/aromatic N) is 2. The molecule has 0 fully saturated rings. The zero-order valence-corrected chi connectivity index (χ0v) is 10.3. The predicted molar refractivity (Wildman–Crippen MR) is 63.3 cm³/mol. The molecule has 17 heavy (non-hydrogen) atoms. The van der Waals surface area contributed by atoms with Crippen molar-refractivity contribution in [2.24, 2.45) is 0 Å². The minimum Gasteiger partial charge on any atom is -0.435 e. The number of aromatic nitrogens is 2. The Kier molecular flexibility index (Phi) is 3.45. The third kappa shape index (κ3) is 2.84. The molecular weight excluding hydrogens is 266 g/mol. The summed E-state index contributed by atoms with van der Waals surface area (Å²) in [5.41, 5.74) is 0.935. The smallest absolute Gasteiger partial charge is 0.260 e. The highest BCUT2D eigenvalue weighted by molar-refractivity contribution is 6.32. The van der Waals surface area contributed by atoms with Gasteiger partial charge in [0.15, 0.2) is 0 Å². The molecule has 0 bridgehead atoms. The Morgan fingerprint density at radius 1 is 1.29 bits per heavy atom. The van der Waals surface area contributed by atoms with E-state index >= 15 is 0 Å². The van der Waals surface area contributed by atoms with Crippen molar-refractivity contribution in [1.29, 1.82) is 0 Å². The standard InChI is InChI=1S/C11H7Cl2FN2O/c1-6-2-3-7(12)9(4-6)17-10-8(14)5-15-11(13)16-10/h2-5H,1H3. The van der Waals surface area contributed by atoms with Crippen molar-refractivity contribution in [1.82, 2.24) is 9.97 Å². The highest BCUT2D eigenvalue weighted by Crippen LogP contribution is 2.30. The number of ether oxygens (including phenoxy) is 1. The molecule has 2 rings (SSSR count). The number of rotatable bonds is 2. The normalized spacial score (nSPS) is 10.4. The van der Waals surface area contributed by atoms with Crippen molar-refractivity contribution in [3.63, 3.8) is 0 Å². The van der Waals surface area contributed by atoms with Crippen molar-refractivity contribution in [2.75, 3.05) is 0 Å². The molecule has 0 amide bonds. The van der Waals surface area contributed by atoms with Crippen LogP contribution in [-0.4, -0.2) is 9.97 Å². The number of halogens is 3. The molecule has 0 N–H and O–H groups in total. The Morgan fingerprint density at radius 3 is 2.82 bits per heavy atom. The quantitative estimate of drug-likeness (QED) is 0.775. The molecule has 88 valence electrons. The Bertz CT molecular complexity index is 514. The van der Waals surface area contributed by atoms with E-state index in [4.69, 9.17) is 27.9 Å². The van der Waals surface area contributed by atoms with Gasteiger partial charge in [-0.05, 0) is 36.2 Å².